The molecule has 1 aliphatic heterocycles. The Morgan fingerprint density at radius 3 is 2.33 bits per heavy atom. The Labute approximate surface area is 216 Å². The maximum absolute atomic E-state index is 13.6. The lowest BCUT2D eigenvalue weighted by atomic mass is 10.1. The number of nitrogens with zero attached hydrogens (tertiary/aromatic N) is 2. The van der Waals surface area contributed by atoms with E-state index in [2.05, 4.69) is 5.32 Å². The van der Waals surface area contributed by atoms with Crippen LogP contribution >= 0.6 is 11.6 Å². The van der Waals surface area contributed by atoms with Crippen LogP contribution in [0.3, 0.4) is 0 Å². The van der Waals surface area contributed by atoms with Crippen molar-refractivity contribution in [2.24, 2.45) is 0 Å². The second-order valence-corrected chi connectivity index (χ2v) is 11.2. The molecule has 188 valence electrons. The van der Waals surface area contributed by atoms with Gasteiger partial charge in [-0.25, -0.2) is 8.42 Å². The number of anilines is 3. The van der Waals surface area contributed by atoms with Gasteiger partial charge < -0.3 is 10.2 Å². The van der Waals surface area contributed by atoms with E-state index in [9.17, 15) is 18.0 Å². The lowest BCUT2D eigenvalue weighted by Gasteiger charge is -2.25. The Hall–Kier alpha value is -3.36. The van der Waals surface area contributed by atoms with E-state index in [-0.39, 0.29) is 10.8 Å². The average Bonchev–Trinajstić information content (AvgIpc) is 3.25. The second-order valence-electron chi connectivity index (χ2n) is 8.96. The van der Waals surface area contributed by atoms with Crippen molar-refractivity contribution in [1.82, 2.24) is 0 Å². The fourth-order valence-electron chi connectivity index (χ4n) is 4.16. The van der Waals surface area contributed by atoms with E-state index in [1.165, 1.54) is 12.1 Å². The Morgan fingerprint density at radius 1 is 1.00 bits per heavy atom. The molecule has 0 unspecified atom stereocenters. The number of amides is 2. The lowest BCUT2D eigenvalue weighted by Crippen LogP contribution is -2.38. The maximum Gasteiger partial charge on any atom is 0.264 e. The van der Waals surface area contributed by atoms with E-state index in [1.54, 1.807) is 53.4 Å². The molecule has 0 atom stereocenters. The Balaban J connectivity index is 1.60. The molecule has 2 amide bonds. The van der Waals surface area contributed by atoms with Crippen molar-refractivity contribution in [3.05, 3.63) is 82.4 Å². The highest BCUT2D eigenvalue weighted by Gasteiger charge is 2.28. The van der Waals surface area contributed by atoms with E-state index in [0.717, 1.165) is 33.1 Å². The number of rotatable bonds is 7. The summed E-state index contributed by atoms with van der Waals surface area (Å²) in [6.07, 6.45) is 1.36. The summed E-state index contributed by atoms with van der Waals surface area (Å²) in [5.41, 5.74) is 4.18. The van der Waals surface area contributed by atoms with Gasteiger partial charge in [0.2, 0.25) is 11.8 Å². The Morgan fingerprint density at radius 2 is 1.72 bits per heavy atom. The van der Waals surface area contributed by atoms with E-state index in [1.807, 2.05) is 20.8 Å². The fourth-order valence-corrected chi connectivity index (χ4v) is 5.75. The van der Waals surface area contributed by atoms with Gasteiger partial charge in [0.05, 0.1) is 10.6 Å². The third-order valence-corrected chi connectivity index (χ3v) is 8.38. The summed E-state index contributed by atoms with van der Waals surface area (Å²) in [6, 6.07) is 16.7. The predicted octanol–water partition coefficient (Wildman–Crippen LogP) is 5.23. The van der Waals surface area contributed by atoms with Crippen molar-refractivity contribution in [2.75, 3.05) is 27.6 Å². The molecule has 3 aromatic rings. The summed E-state index contributed by atoms with van der Waals surface area (Å²) < 4.78 is 28.2. The SMILES string of the molecule is Cc1ccc(S(=O)(=O)N(CC(=O)Nc2ccc(N3CCCC3=O)c(C)c2)c2ccc(C)c(Cl)c2)cc1. The molecule has 0 aliphatic carbocycles. The molecule has 0 saturated carbocycles. The first-order valence-corrected chi connectivity index (χ1v) is 13.4. The van der Waals surface area contributed by atoms with Crippen molar-refractivity contribution >= 4 is 50.5 Å². The summed E-state index contributed by atoms with van der Waals surface area (Å²) >= 11 is 6.29. The summed E-state index contributed by atoms with van der Waals surface area (Å²) in [4.78, 5) is 27.0. The lowest BCUT2D eigenvalue weighted by molar-refractivity contribution is -0.117. The number of benzene rings is 3. The van der Waals surface area contributed by atoms with Crippen LogP contribution in [0.15, 0.2) is 65.6 Å². The smallest absolute Gasteiger partial charge is 0.264 e. The van der Waals surface area contributed by atoms with E-state index < -0.39 is 22.5 Å². The number of carbonyl (C=O) groups is 2. The maximum atomic E-state index is 13.6. The van der Waals surface area contributed by atoms with Crippen LogP contribution in [0.5, 0.6) is 0 Å². The van der Waals surface area contributed by atoms with Gasteiger partial charge in [0, 0.05) is 29.4 Å². The minimum Gasteiger partial charge on any atom is -0.325 e. The monoisotopic (exact) mass is 525 g/mol. The molecule has 1 N–H and O–H groups in total. The first kappa shape index (κ1) is 25.7. The minimum absolute atomic E-state index is 0.0769. The molecule has 1 heterocycles. The molecule has 3 aromatic carbocycles. The van der Waals surface area contributed by atoms with Crippen molar-refractivity contribution in [3.8, 4) is 0 Å². The highest BCUT2D eigenvalue weighted by molar-refractivity contribution is 7.92. The molecule has 1 aliphatic rings. The van der Waals surface area contributed by atoms with Crippen LogP contribution in [0.25, 0.3) is 0 Å². The third kappa shape index (κ3) is 5.39. The van der Waals surface area contributed by atoms with Gasteiger partial charge in [-0.1, -0.05) is 35.4 Å². The minimum atomic E-state index is -4.05. The molecular formula is C27H28ClN3O4S. The molecule has 0 radical (unpaired) electrons. The molecular weight excluding hydrogens is 498 g/mol. The van der Waals surface area contributed by atoms with Gasteiger partial charge in [-0.15, -0.1) is 0 Å². The number of carbonyl (C=O) groups excluding carboxylic acids is 2. The number of hydrogen-bond acceptors (Lipinski definition) is 4. The van der Waals surface area contributed by atoms with Gasteiger partial charge in [0.25, 0.3) is 10.0 Å². The Kier molecular flexibility index (Phi) is 7.38. The quantitative estimate of drug-likeness (QED) is 0.458. The topological polar surface area (TPSA) is 86.8 Å². The number of aryl methyl sites for hydroxylation is 3. The van der Waals surface area contributed by atoms with Crippen LogP contribution in [-0.4, -0.2) is 33.3 Å². The predicted molar refractivity (Wildman–Crippen MR) is 143 cm³/mol. The van der Waals surface area contributed by atoms with Gasteiger partial charge in [-0.3, -0.25) is 13.9 Å². The molecule has 1 fully saturated rings. The first-order valence-electron chi connectivity index (χ1n) is 11.6. The molecule has 4 rings (SSSR count). The molecule has 0 bridgehead atoms. The zero-order valence-electron chi connectivity index (χ0n) is 20.4. The van der Waals surface area contributed by atoms with Gasteiger partial charge in [0.15, 0.2) is 0 Å². The zero-order chi connectivity index (χ0) is 26.0. The van der Waals surface area contributed by atoms with Crippen LogP contribution < -0.4 is 14.5 Å². The van der Waals surface area contributed by atoms with Crippen molar-refractivity contribution in [1.29, 1.82) is 0 Å². The van der Waals surface area contributed by atoms with Gasteiger partial charge in [-0.2, -0.15) is 0 Å². The average molecular weight is 526 g/mol. The van der Waals surface area contributed by atoms with Gasteiger partial charge in [0.1, 0.15) is 6.54 Å². The van der Waals surface area contributed by atoms with Crippen LogP contribution in [0.1, 0.15) is 29.5 Å². The van der Waals surface area contributed by atoms with Crippen molar-refractivity contribution < 1.29 is 18.0 Å². The zero-order valence-corrected chi connectivity index (χ0v) is 22.0. The molecule has 0 spiro atoms. The van der Waals surface area contributed by atoms with Gasteiger partial charge >= 0.3 is 0 Å². The number of sulfonamides is 1. The highest BCUT2D eigenvalue weighted by Crippen LogP contribution is 2.30. The van der Waals surface area contributed by atoms with Crippen LogP contribution in [0.4, 0.5) is 17.1 Å². The standard InChI is InChI=1S/C27H28ClN3O4S/c1-18-6-11-23(12-7-18)36(34,35)31(22-10-8-19(2)24(28)16-22)17-26(32)29-21-9-13-25(20(3)15-21)30-14-4-5-27(30)33/h6-13,15-16H,4-5,14,17H2,1-3H3,(H,29,32). The third-order valence-electron chi connectivity index (χ3n) is 6.18. The van der Waals surface area contributed by atoms with E-state index in [0.29, 0.717) is 29.4 Å². The van der Waals surface area contributed by atoms with Crippen LogP contribution in [0, 0.1) is 20.8 Å². The largest absolute Gasteiger partial charge is 0.325 e. The molecule has 7 nitrogen and oxygen atoms in total. The van der Waals surface area contributed by atoms with E-state index in [4.69, 9.17) is 11.6 Å². The normalized spacial score (nSPS) is 13.7. The van der Waals surface area contributed by atoms with Crippen molar-refractivity contribution in [2.45, 2.75) is 38.5 Å². The summed E-state index contributed by atoms with van der Waals surface area (Å²) in [5.74, 6) is -0.421. The molecule has 9 heteroatoms. The first-order chi connectivity index (χ1) is 17.1. The number of nitrogens with one attached hydrogen (secondary N) is 1. The van der Waals surface area contributed by atoms with E-state index >= 15 is 0 Å². The highest BCUT2D eigenvalue weighted by atomic mass is 35.5. The molecule has 0 aromatic heterocycles. The van der Waals surface area contributed by atoms with Gasteiger partial charge in [-0.05, 0) is 80.8 Å². The van der Waals surface area contributed by atoms with Crippen LogP contribution in [0.2, 0.25) is 5.02 Å². The summed E-state index contributed by atoms with van der Waals surface area (Å²) in [7, 11) is -4.05. The molecule has 1 saturated heterocycles. The van der Waals surface area contributed by atoms with Crippen molar-refractivity contribution in [3.63, 3.8) is 0 Å². The van der Waals surface area contributed by atoms with Crippen LogP contribution in [-0.2, 0) is 19.6 Å². The number of hydrogen-bond donors (Lipinski definition) is 1. The fraction of sp³-hybridized carbons (Fsp3) is 0.259. The second kappa shape index (κ2) is 10.3. The molecule has 36 heavy (non-hydrogen) atoms. The summed E-state index contributed by atoms with van der Waals surface area (Å²) in [6.45, 7) is 5.80. The number of halogens is 1. The Bertz CT molecular complexity index is 1420. The summed E-state index contributed by atoms with van der Waals surface area (Å²) in [5, 5.41) is 3.19.